The highest BCUT2D eigenvalue weighted by Crippen LogP contribution is 2.17. The monoisotopic (exact) mass is 371 g/mol. The number of thiocarbonyl (C=S) groups is 1. The zero-order valence-corrected chi connectivity index (χ0v) is 15.0. The SMILES string of the molecule is CCOC(=O)Nc1ccc(NC(=S)NCC2CCS(=O)(=O)C2)cc1. The number of amides is 1. The standard InChI is InChI=1S/C15H21N3O4S2/c1-2-22-15(19)18-13-5-3-12(4-6-13)17-14(23)16-9-11-7-8-24(20,21)10-11/h3-6,11H,2,7-10H2,1H3,(H,18,19)(H2,16,17,23). The van der Waals surface area contributed by atoms with Gasteiger partial charge in [-0.15, -0.1) is 0 Å². The Bertz CT molecular complexity index is 689. The molecule has 0 saturated carbocycles. The number of carbonyl (C=O) groups excluding carboxylic acids is 1. The predicted molar refractivity (Wildman–Crippen MR) is 98.1 cm³/mol. The van der Waals surface area contributed by atoms with E-state index in [1.165, 1.54) is 0 Å². The van der Waals surface area contributed by atoms with Crippen molar-refractivity contribution < 1.29 is 17.9 Å². The first-order valence-electron chi connectivity index (χ1n) is 7.67. The van der Waals surface area contributed by atoms with Crippen LogP contribution >= 0.6 is 12.2 Å². The molecule has 7 nitrogen and oxygen atoms in total. The van der Waals surface area contributed by atoms with Crippen LogP contribution in [0.3, 0.4) is 0 Å². The molecule has 1 aromatic rings. The molecule has 1 atom stereocenters. The van der Waals surface area contributed by atoms with Gasteiger partial charge in [0.2, 0.25) is 0 Å². The molecule has 3 N–H and O–H groups in total. The molecule has 132 valence electrons. The van der Waals surface area contributed by atoms with Gasteiger partial charge < -0.3 is 15.4 Å². The number of hydrogen-bond donors (Lipinski definition) is 3. The average molecular weight is 371 g/mol. The van der Waals surface area contributed by atoms with E-state index in [9.17, 15) is 13.2 Å². The summed E-state index contributed by atoms with van der Waals surface area (Å²) >= 11 is 5.20. The Balaban J connectivity index is 1.76. The molecule has 0 aromatic heterocycles. The van der Waals surface area contributed by atoms with Gasteiger partial charge in [-0.2, -0.15) is 0 Å². The molecule has 0 spiro atoms. The van der Waals surface area contributed by atoms with Crippen LogP contribution in [0.5, 0.6) is 0 Å². The molecule has 9 heteroatoms. The normalized spacial score (nSPS) is 18.6. The fourth-order valence-corrected chi connectivity index (χ4v) is 4.43. The van der Waals surface area contributed by atoms with E-state index in [4.69, 9.17) is 17.0 Å². The molecule has 1 saturated heterocycles. The summed E-state index contributed by atoms with van der Waals surface area (Å²) in [4.78, 5) is 11.3. The minimum absolute atomic E-state index is 0.103. The van der Waals surface area contributed by atoms with Gasteiger partial charge in [0.05, 0.1) is 18.1 Å². The number of sulfone groups is 1. The van der Waals surface area contributed by atoms with E-state index in [1.54, 1.807) is 31.2 Å². The van der Waals surface area contributed by atoms with Crippen LogP contribution in [0.25, 0.3) is 0 Å². The quantitative estimate of drug-likeness (QED) is 0.681. The molecule has 1 unspecified atom stereocenters. The Hall–Kier alpha value is -1.87. The van der Waals surface area contributed by atoms with Crippen LogP contribution in [-0.2, 0) is 14.6 Å². The van der Waals surface area contributed by atoms with E-state index < -0.39 is 15.9 Å². The summed E-state index contributed by atoms with van der Waals surface area (Å²) in [5.74, 6) is 0.580. The molecule has 1 amide bonds. The van der Waals surface area contributed by atoms with Crippen molar-refractivity contribution in [2.75, 3.05) is 35.3 Å². The third-order valence-electron chi connectivity index (χ3n) is 3.54. The molecule has 0 radical (unpaired) electrons. The molecule has 1 heterocycles. The lowest BCUT2D eigenvalue weighted by Gasteiger charge is -2.13. The first-order valence-corrected chi connectivity index (χ1v) is 9.90. The number of carbonyl (C=O) groups is 1. The van der Waals surface area contributed by atoms with Crippen LogP contribution < -0.4 is 16.0 Å². The Kier molecular flexibility index (Phi) is 6.38. The molecule has 1 aromatic carbocycles. The van der Waals surface area contributed by atoms with E-state index >= 15 is 0 Å². The summed E-state index contributed by atoms with van der Waals surface area (Å²) < 4.78 is 27.6. The van der Waals surface area contributed by atoms with E-state index in [1.807, 2.05) is 0 Å². The molecule has 0 aliphatic carbocycles. The van der Waals surface area contributed by atoms with Gasteiger partial charge in [-0.25, -0.2) is 13.2 Å². The summed E-state index contributed by atoms with van der Waals surface area (Å²) in [7, 11) is -2.87. The maximum absolute atomic E-state index is 11.4. The van der Waals surface area contributed by atoms with Crippen LogP contribution in [0.2, 0.25) is 0 Å². The summed E-state index contributed by atoms with van der Waals surface area (Å²) in [6, 6.07) is 7.00. The van der Waals surface area contributed by atoms with Crippen molar-refractivity contribution >= 4 is 44.6 Å². The summed E-state index contributed by atoms with van der Waals surface area (Å²) in [5.41, 5.74) is 1.38. The van der Waals surface area contributed by atoms with Gasteiger partial charge in [0.1, 0.15) is 0 Å². The summed E-state index contributed by atoms with van der Waals surface area (Å²) in [6.07, 6.45) is 0.175. The van der Waals surface area contributed by atoms with Crippen LogP contribution in [0, 0.1) is 5.92 Å². The fraction of sp³-hybridized carbons (Fsp3) is 0.467. The first-order chi connectivity index (χ1) is 11.4. The number of rotatable bonds is 5. The number of hydrogen-bond acceptors (Lipinski definition) is 5. The highest BCUT2D eigenvalue weighted by atomic mass is 32.2. The Morgan fingerprint density at radius 2 is 1.88 bits per heavy atom. The second kappa shape index (κ2) is 8.29. The Labute approximate surface area is 147 Å². The molecule has 0 bridgehead atoms. The van der Waals surface area contributed by atoms with Gasteiger partial charge in [-0.05, 0) is 55.7 Å². The lowest BCUT2D eigenvalue weighted by atomic mass is 10.1. The van der Waals surface area contributed by atoms with E-state index in [2.05, 4.69) is 16.0 Å². The lowest BCUT2D eigenvalue weighted by Crippen LogP contribution is -2.33. The smallest absolute Gasteiger partial charge is 0.411 e. The van der Waals surface area contributed by atoms with Crippen LogP contribution in [0.1, 0.15) is 13.3 Å². The zero-order valence-electron chi connectivity index (χ0n) is 13.4. The van der Waals surface area contributed by atoms with Crippen LogP contribution in [0.4, 0.5) is 16.2 Å². The Morgan fingerprint density at radius 3 is 2.42 bits per heavy atom. The van der Waals surface area contributed by atoms with Crippen molar-refractivity contribution in [2.24, 2.45) is 5.92 Å². The number of ether oxygens (including phenoxy) is 1. The van der Waals surface area contributed by atoms with Gasteiger partial charge >= 0.3 is 6.09 Å². The van der Waals surface area contributed by atoms with Gasteiger partial charge in [0, 0.05) is 17.9 Å². The van der Waals surface area contributed by atoms with E-state index in [-0.39, 0.29) is 17.4 Å². The van der Waals surface area contributed by atoms with Crippen molar-refractivity contribution in [3.8, 4) is 0 Å². The molecule has 1 aliphatic rings. The average Bonchev–Trinajstić information content (AvgIpc) is 2.87. The fourth-order valence-electron chi connectivity index (χ4n) is 2.37. The lowest BCUT2D eigenvalue weighted by molar-refractivity contribution is 0.168. The second-order valence-corrected chi connectivity index (χ2v) is 8.16. The van der Waals surface area contributed by atoms with Crippen molar-refractivity contribution in [1.82, 2.24) is 5.32 Å². The predicted octanol–water partition coefficient (Wildman–Crippen LogP) is 1.98. The number of nitrogens with one attached hydrogen (secondary N) is 3. The van der Waals surface area contributed by atoms with Crippen LogP contribution in [0.15, 0.2) is 24.3 Å². The maximum atomic E-state index is 11.4. The van der Waals surface area contributed by atoms with Gasteiger partial charge in [-0.3, -0.25) is 5.32 Å². The highest BCUT2D eigenvalue weighted by molar-refractivity contribution is 7.91. The van der Waals surface area contributed by atoms with Gasteiger partial charge in [0.25, 0.3) is 0 Å². The summed E-state index contributed by atoms with van der Waals surface area (Å²) in [6.45, 7) is 2.59. The zero-order chi connectivity index (χ0) is 17.6. The molecule has 1 aliphatic heterocycles. The molecule has 2 rings (SSSR count). The minimum Gasteiger partial charge on any atom is -0.450 e. The van der Waals surface area contributed by atoms with E-state index in [0.717, 1.165) is 5.69 Å². The first kappa shape index (κ1) is 18.5. The Morgan fingerprint density at radius 1 is 1.25 bits per heavy atom. The number of benzene rings is 1. The van der Waals surface area contributed by atoms with Crippen molar-refractivity contribution in [2.45, 2.75) is 13.3 Å². The number of anilines is 2. The van der Waals surface area contributed by atoms with Gasteiger partial charge in [0.15, 0.2) is 14.9 Å². The van der Waals surface area contributed by atoms with Crippen molar-refractivity contribution in [3.63, 3.8) is 0 Å². The third kappa shape index (κ3) is 5.97. The van der Waals surface area contributed by atoms with Crippen molar-refractivity contribution in [1.29, 1.82) is 0 Å². The van der Waals surface area contributed by atoms with E-state index in [0.29, 0.717) is 30.4 Å². The molecular weight excluding hydrogens is 350 g/mol. The van der Waals surface area contributed by atoms with Crippen molar-refractivity contribution in [3.05, 3.63) is 24.3 Å². The van der Waals surface area contributed by atoms with Gasteiger partial charge in [-0.1, -0.05) is 0 Å². The molecule has 24 heavy (non-hydrogen) atoms. The topological polar surface area (TPSA) is 96.5 Å². The third-order valence-corrected chi connectivity index (χ3v) is 5.63. The highest BCUT2D eigenvalue weighted by Gasteiger charge is 2.27. The second-order valence-electron chi connectivity index (χ2n) is 5.53. The summed E-state index contributed by atoms with van der Waals surface area (Å²) in [5, 5.41) is 9.09. The largest absolute Gasteiger partial charge is 0.450 e. The maximum Gasteiger partial charge on any atom is 0.411 e. The minimum atomic E-state index is -2.87. The molecule has 1 fully saturated rings. The van der Waals surface area contributed by atoms with Crippen LogP contribution in [-0.4, -0.2) is 44.3 Å². The molecular formula is C15H21N3O4S2.